The molecule has 3 N–H and O–H groups in total. The largest absolute Gasteiger partial charge is 0.422 e. The molecule has 0 saturated carbocycles. The van der Waals surface area contributed by atoms with Gasteiger partial charge in [0.15, 0.2) is 0 Å². The number of hydrogen-bond acceptors (Lipinski definition) is 6. The van der Waals surface area contributed by atoms with Crippen molar-refractivity contribution in [3.05, 3.63) is 24.3 Å². The molecule has 7 heteroatoms. The summed E-state index contributed by atoms with van der Waals surface area (Å²) in [4.78, 5) is 25.8. The normalized spacial score (nSPS) is 12.1. The van der Waals surface area contributed by atoms with Gasteiger partial charge in [0, 0.05) is 31.2 Å². The molecule has 0 amide bonds. The summed E-state index contributed by atoms with van der Waals surface area (Å²) in [7, 11) is 0. The third-order valence-corrected chi connectivity index (χ3v) is 9.10. The molecule has 6 nitrogen and oxygen atoms in total. The van der Waals surface area contributed by atoms with Gasteiger partial charge < -0.3 is 20.3 Å². The number of ether oxygens (including phenoxy) is 2. The molecule has 296 valence electrons. The molecule has 0 aliphatic heterocycles. The fraction of sp³-hybridized carbons (Fsp3) is 0.860. The molecule has 0 unspecified atom stereocenters. The summed E-state index contributed by atoms with van der Waals surface area (Å²) in [5, 5.41) is 9.83. The standard InChI is InChI=1S/C43H81NO5.ClH/c1-5-7-9-11-13-15-17-19-21-23-25-27-29-31-33-35-40(46)48-43(37-38-45,39-42(3,4)44)49-41(47)36-34-32-30-28-26-24-22-20-18-16-14-12-10-8-6-2;/h19-22,45H,5-18,23-39,44H2,1-4H3;1H/b21-19-,22-20-;. The van der Waals surface area contributed by atoms with Crippen molar-refractivity contribution in [3.8, 4) is 0 Å². The van der Waals surface area contributed by atoms with Crippen LogP contribution < -0.4 is 5.73 Å². The Bertz CT molecular complexity index is 769. The van der Waals surface area contributed by atoms with E-state index in [1.807, 2.05) is 13.8 Å². The Morgan fingerprint density at radius 1 is 0.540 bits per heavy atom. The summed E-state index contributed by atoms with van der Waals surface area (Å²) in [6.45, 7) is 7.88. The Hall–Kier alpha value is -1.37. The Kier molecular flexibility index (Phi) is 36.5. The van der Waals surface area contributed by atoms with E-state index in [0.29, 0.717) is 0 Å². The first kappa shape index (κ1) is 50.7. The van der Waals surface area contributed by atoms with E-state index >= 15 is 0 Å². The average Bonchev–Trinajstić information content (AvgIpc) is 3.04. The van der Waals surface area contributed by atoms with Crippen molar-refractivity contribution >= 4 is 24.3 Å². The number of rotatable bonds is 36. The van der Waals surface area contributed by atoms with E-state index in [-0.39, 0.29) is 44.7 Å². The van der Waals surface area contributed by atoms with Gasteiger partial charge in [0.1, 0.15) is 0 Å². The minimum atomic E-state index is -1.54. The number of carbonyl (C=O) groups is 2. The first-order valence-corrected chi connectivity index (χ1v) is 20.8. The summed E-state index contributed by atoms with van der Waals surface area (Å²) in [5.74, 6) is -2.33. The molecule has 0 aromatic carbocycles. The van der Waals surface area contributed by atoms with E-state index in [0.717, 1.165) is 64.2 Å². The number of esters is 2. The molecular formula is C43H82ClNO5. The molecule has 0 rings (SSSR count). The topological polar surface area (TPSA) is 98.8 Å². The third-order valence-electron chi connectivity index (χ3n) is 9.10. The molecule has 0 radical (unpaired) electrons. The lowest BCUT2D eigenvalue weighted by atomic mass is 9.93. The van der Waals surface area contributed by atoms with E-state index in [1.54, 1.807) is 0 Å². The van der Waals surface area contributed by atoms with E-state index in [4.69, 9.17) is 15.2 Å². The number of unbranched alkanes of at least 4 members (excludes halogenated alkanes) is 22. The molecule has 0 aromatic heterocycles. The van der Waals surface area contributed by atoms with Crippen LogP contribution in [0, 0.1) is 0 Å². The second kappa shape index (κ2) is 36.0. The lowest BCUT2D eigenvalue weighted by Gasteiger charge is -2.37. The predicted molar refractivity (Wildman–Crippen MR) is 216 cm³/mol. The van der Waals surface area contributed by atoms with Gasteiger partial charge in [0.2, 0.25) is 0 Å². The highest BCUT2D eigenvalue weighted by atomic mass is 35.5. The molecule has 0 bridgehead atoms. The maximum atomic E-state index is 12.9. The van der Waals surface area contributed by atoms with Gasteiger partial charge in [-0.3, -0.25) is 9.59 Å². The van der Waals surface area contributed by atoms with Gasteiger partial charge in [-0.05, 0) is 78.1 Å². The minimum Gasteiger partial charge on any atom is -0.422 e. The number of allylic oxidation sites excluding steroid dienone is 4. The monoisotopic (exact) mass is 728 g/mol. The van der Waals surface area contributed by atoms with Crippen molar-refractivity contribution in [1.29, 1.82) is 0 Å². The lowest BCUT2D eigenvalue weighted by Crippen LogP contribution is -2.49. The van der Waals surface area contributed by atoms with Crippen LogP contribution in [0.4, 0.5) is 0 Å². The van der Waals surface area contributed by atoms with Crippen LogP contribution in [0.25, 0.3) is 0 Å². The predicted octanol–water partition coefficient (Wildman–Crippen LogP) is 12.8. The maximum Gasteiger partial charge on any atom is 0.309 e. The van der Waals surface area contributed by atoms with Gasteiger partial charge in [-0.25, -0.2) is 0 Å². The molecule has 0 aromatic rings. The molecule has 0 heterocycles. The highest BCUT2D eigenvalue weighted by Crippen LogP contribution is 2.30. The number of aliphatic hydroxyl groups excluding tert-OH is 1. The first-order valence-electron chi connectivity index (χ1n) is 20.8. The number of halogens is 1. The Morgan fingerprint density at radius 3 is 1.14 bits per heavy atom. The van der Waals surface area contributed by atoms with Crippen molar-refractivity contribution in [2.24, 2.45) is 5.73 Å². The maximum absolute atomic E-state index is 12.9. The van der Waals surface area contributed by atoms with E-state index < -0.39 is 23.3 Å². The molecule has 50 heavy (non-hydrogen) atoms. The number of carbonyl (C=O) groups excluding carboxylic acids is 2. The van der Waals surface area contributed by atoms with Crippen molar-refractivity contribution in [2.45, 2.75) is 232 Å². The molecule has 0 spiro atoms. The summed E-state index contributed by atoms with van der Waals surface area (Å²) in [6.07, 6.45) is 41.0. The Morgan fingerprint density at radius 2 is 0.840 bits per heavy atom. The zero-order valence-electron chi connectivity index (χ0n) is 33.3. The van der Waals surface area contributed by atoms with Crippen LogP contribution in [0.5, 0.6) is 0 Å². The van der Waals surface area contributed by atoms with Crippen LogP contribution in [0.2, 0.25) is 0 Å². The summed E-state index contributed by atoms with van der Waals surface area (Å²) >= 11 is 0. The zero-order valence-corrected chi connectivity index (χ0v) is 34.1. The minimum absolute atomic E-state index is 0. The number of hydrogen-bond donors (Lipinski definition) is 2. The third kappa shape index (κ3) is 35.1. The molecule has 0 fully saturated rings. The second-order valence-electron chi connectivity index (χ2n) is 15.2. The molecule has 0 atom stereocenters. The van der Waals surface area contributed by atoms with Crippen LogP contribution >= 0.6 is 12.4 Å². The van der Waals surface area contributed by atoms with Gasteiger partial charge in [-0.2, -0.15) is 0 Å². The molecule has 0 aliphatic rings. The zero-order chi connectivity index (χ0) is 36.3. The van der Waals surface area contributed by atoms with Crippen LogP contribution in [0.1, 0.15) is 220 Å². The van der Waals surface area contributed by atoms with E-state index in [2.05, 4.69) is 38.2 Å². The van der Waals surface area contributed by atoms with Gasteiger partial charge in [0.25, 0.3) is 5.79 Å². The smallest absolute Gasteiger partial charge is 0.309 e. The number of nitrogens with two attached hydrogens (primary N) is 1. The van der Waals surface area contributed by atoms with Crippen LogP contribution in [0.3, 0.4) is 0 Å². The van der Waals surface area contributed by atoms with Crippen LogP contribution in [-0.2, 0) is 19.1 Å². The lowest BCUT2D eigenvalue weighted by molar-refractivity contribution is -0.239. The van der Waals surface area contributed by atoms with Crippen LogP contribution in [-0.4, -0.2) is 35.0 Å². The van der Waals surface area contributed by atoms with Gasteiger partial charge in [-0.15, -0.1) is 12.4 Å². The fourth-order valence-electron chi connectivity index (χ4n) is 6.35. The van der Waals surface area contributed by atoms with E-state index in [9.17, 15) is 14.7 Å². The Labute approximate surface area is 316 Å². The SMILES string of the molecule is CCCCCCCC/C=C\CCCCCCCC(=O)OC(CCO)(CC(C)(C)N)OC(=O)CCCCCCC/C=C\CCCCCCCC.Cl. The van der Waals surface area contributed by atoms with Gasteiger partial charge in [-0.1, -0.05) is 141 Å². The van der Waals surface area contributed by atoms with Crippen molar-refractivity contribution < 1.29 is 24.2 Å². The second-order valence-corrected chi connectivity index (χ2v) is 15.2. The van der Waals surface area contributed by atoms with Gasteiger partial charge >= 0.3 is 11.9 Å². The molecule has 0 saturated heterocycles. The quantitative estimate of drug-likeness (QED) is 0.0288. The molecular weight excluding hydrogens is 646 g/mol. The summed E-state index contributed by atoms with van der Waals surface area (Å²) in [6, 6.07) is 0. The van der Waals surface area contributed by atoms with Crippen molar-refractivity contribution in [2.75, 3.05) is 6.61 Å². The highest BCUT2D eigenvalue weighted by molar-refractivity contribution is 5.85. The fourth-order valence-corrected chi connectivity index (χ4v) is 6.35. The van der Waals surface area contributed by atoms with Crippen molar-refractivity contribution in [1.82, 2.24) is 0 Å². The molecule has 0 aliphatic carbocycles. The average molecular weight is 729 g/mol. The summed E-state index contributed by atoms with van der Waals surface area (Å²) in [5.41, 5.74) is 5.55. The van der Waals surface area contributed by atoms with E-state index in [1.165, 1.54) is 103 Å². The Balaban J connectivity index is 0. The summed E-state index contributed by atoms with van der Waals surface area (Å²) < 4.78 is 11.7. The van der Waals surface area contributed by atoms with Crippen molar-refractivity contribution in [3.63, 3.8) is 0 Å². The number of aliphatic hydroxyl groups is 1. The highest BCUT2D eigenvalue weighted by Gasteiger charge is 2.42. The van der Waals surface area contributed by atoms with Gasteiger partial charge in [0.05, 0.1) is 6.61 Å². The van der Waals surface area contributed by atoms with Crippen LogP contribution in [0.15, 0.2) is 24.3 Å². The first-order chi connectivity index (χ1) is 23.7.